The van der Waals surface area contributed by atoms with Crippen molar-refractivity contribution in [3.8, 4) is 6.19 Å². The smallest absolute Gasteiger partial charge is 0.292 e. The summed E-state index contributed by atoms with van der Waals surface area (Å²) in [5.41, 5.74) is 0.578. The molecule has 112 valence electrons. The average Bonchev–Trinajstić information content (AvgIpc) is 3.05. The van der Waals surface area contributed by atoms with E-state index in [2.05, 4.69) is 25.4 Å². The van der Waals surface area contributed by atoms with Crippen LogP contribution in [0.25, 0.3) is 0 Å². The number of nitriles is 1. The second-order valence-electron chi connectivity index (χ2n) is 4.99. The highest BCUT2D eigenvalue weighted by atomic mass is 16.2. The third-order valence-corrected chi connectivity index (χ3v) is 3.56. The largest absolute Gasteiger partial charge is 0.353 e. The zero-order valence-corrected chi connectivity index (χ0v) is 11.9. The first kappa shape index (κ1) is 14.0. The molecule has 0 spiro atoms. The predicted molar refractivity (Wildman–Crippen MR) is 79.3 cm³/mol. The van der Waals surface area contributed by atoms with Crippen LogP contribution in [0.4, 0.5) is 11.5 Å². The van der Waals surface area contributed by atoms with E-state index >= 15 is 0 Å². The van der Waals surface area contributed by atoms with E-state index in [1.54, 1.807) is 6.07 Å². The zero-order valence-electron chi connectivity index (χ0n) is 11.9. The van der Waals surface area contributed by atoms with Crippen molar-refractivity contribution < 1.29 is 4.79 Å². The van der Waals surface area contributed by atoms with Crippen LogP contribution >= 0.6 is 0 Å². The number of carbonyl (C=O) groups is 1. The van der Waals surface area contributed by atoms with Gasteiger partial charge in [-0.3, -0.25) is 4.79 Å². The Morgan fingerprint density at radius 2 is 2.09 bits per heavy atom. The highest BCUT2D eigenvalue weighted by Gasteiger charge is 2.19. The third kappa shape index (κ3) is 2.74. The minimum Gasteiger partial charge on any atom is -0.353 e. The first-order valence-electron chi connectivity index (χ1n) is 7.11. The Kier molecular flexibility index (Phi) is 3.96. The van der Waals surface area contributed by atoms with Gasteiger partial charge < -0.3 is 10.2 Å². The van der Waals surface area contributed by atoms with Gasteiger partial charge in [0.05, 0.1) is 11.9 Å². The molecule has 22 heavy (non-hydrogen) atoms. The van der Waals surface area contributed by atoms with E-state index in [9.17, 15) is 4.79 Å². The Balaban J connectivity index is 1.83. The van der Waals surface area contributed by atoms with Crippen LogP contribution in [-0.2, 0) is 0 Å². The summed E-state index contributed by atoms with van der Waals surface area (Å²) in [6.45, 7) is 1.79. The molecule has 0 aliphatic carbocycles. The molecular formula is C14H15N7O. The summed E-state index contributed by atoms with van der Waals surface area (Å²) >= 11 is 0. The van der Waals surface area contributed by atoms with Crippen LogP contribution in [0.1, 0.15) is 29.9 Å². The summed E-state index contributed by atoms with van der Waals surface area (Å²) in [7, 11) is 0. The summed E-state index contributed by atoms with van der Waals surface area (Å²) in [5, 5.41) is 19.8. The maximum absolute atomic E-state index is 12.3. The highest BCUT2D eigenvalue weighted by molar-refractivity contribution is 6.03. The molecule has 1 aliphatic rings. The molecule has 0 unspecified atom stereocenters. The van der Waals surface area contributed by atoms with E-state index in [0.29, 0.717) is 11.5 Å². The van der Waals surface area contributed by atoms with Gasteiger partial charge in [-0.1, -0.05) is 0 Å². The molecule has 3 heterocycles. The fraction of sp³-hybridized carbons (Fsp3) is 0.357. The highest BCUT2D eigenvalue weighted by Crippen LogP contribution is 2.25. The maximum Gasteiger partial charge on any atom is 0.292 e. The zero-order chi connectivity index (χ0) is 15.4. The SMILES string of the molecule is N#Cn1ccnc1C(=O)Nc1ccnnc1N1CCCCC1. The van der Waals surface area contributed by atoms with E-state index in [0.717, 1.165) is 30.5 Å². The van der Waals surface area contributed by atoms with E-state index in [1.807, 2.05) is 6.19 Å². The minimum atomic E-state index is -0.446. The van der Waals surface area contributed by atoms with Gasteiger partial charge in [-0.15, -0.1) is 5.10 Å². The summed E-state index contributed by atoms with van der Waals surface area (Å²) in [6, 6.07) is 1.70. The molecule has 8 nitrogen and oxygen atoms in total. The van der Waals surface area contributed by atoms with Gasteiger partial charge in [0, 0.05) is 25.5 Å². The lowest BCUT2D eigenvalue weighted by Crippen LogP contribution is -2.31. The Hall–Kier alpha value is -2.95. The lowest BCUT2D eigenvalue weighted by Gasteiger charge is -2.28. The molecule has 0 aromatic carbocycles. The second kappa shape index (κ2) is 6.22. The van der Waals surface area contributed by atoms with Crippen LogP contribution in [0.3, 0.4) is 0 Å². The first-order valence-corrected chi connectivity index (χ1v) is 7.11. The second-order valence-corrected chi connectivity index (χ2v) is 4.99. The number of anilines is 2. The number of carbonyl (C=O) groups excluding carboxylic acids is 1. The minimum absolute atomic E-state index is 0.0453. The van der Waals surface area contributed by atoms with Crippen molar-refractivity contribution >= 4 is 17.4 Å². The molecule has 0 bridgehead atoms. The molecule has 1 aliphatic heterocycles. The summed E-state index contributed by atoms with van der Waals surface area (Å²) < 4.78 is 1.12. The summed E-state index contributed by atoms with van der Waals surface area (Å²) in [5.74, 6) is 0.257. The molecule has 1 amide bonds. The molecule has 8 heteroatoms. The Bertz CT molecular complexity index is 712. The Morgan fingerprint density at radius 3 is 2.86 bits per heavy atom. The monoisotopic (exact) mass is 297 g/mol. The van der Waals surface area contributed by atoms with Crippen molar-refractivity contribution in [1.82, 2.24) is 19.7 Å². The molecule has 1 saturated heterocycles. The van der Waals surface area contributed by atoms with Crippen molar-refractivity contribution in [3.05, 3.63) is 30.5 Å². The van der Waals surface area contributed by atoms with Crippen molar-refractivity contribution in [2.75, 3.05) is 23.3 Å². The van der Waals surface area contributed by atoms with Gasteiger partial charge >= 0.3 is 0 Å². The van der Waals surface area contributed by atoms with Gasteiger partial charge in [-0.2, -0.15) is 10.4 Å². The Morgan fingerprint density at radius 1 is 1.27 bits per heavy atom. The van der Waals surface area contributed by atoms with Crippen molar-refractivity contribution in [3.63, 3.8) is 0 Å². The van der Waals surface area contributed by atoms with E-state index in [-0.39, 0.29) is 5.82 Å². The number of nitrogens with zero attached hydrogens (tertiary/aromatic N) is 6. The van der Waals surface area contributed by atoms with Crippen LogP contribution in [0.2, 0.25) is 0 Å². The average molecular weight is 297 g/mol. The van der Waals surface area contributed by atoms with E-state index in [1.165, 1.54) is 25.0 Å². The number of amides is 1. The lowest BCUT2D eigenvalue weighted by molar-refractivity contribution is 0.101. The number of aromatic nitrogens is 4. The van der Waals surface area contributed by atoms with Crippen LogP contribution in [0.15, 0.2) is 24.7 Å². The number of imidazole rings is 1. The van der Waals surface area contributed by atoms with Crippen LogP contribution < -0.4 is 10.2 Å². The quantitative estimate of drug-likeness (QED) is 0.915. The molecule has 1 fully saturated rings. The standard InChI is InChI=1S/C14H15N7O/c15-10-21-9-6-16-13(21)14(22)18-11-4-5-17-19-12(11)20-7-2-1-3-8-20/h4-6,9H,1-3,7-8H2,(H,17,18,22). The predicted octanol–water partition coefficient (Wildman–Crippen LogP) is 1.24. The van der Waals surface area contributed by atoms with Gasteiger partial charge in [0.1, 0.15) is 0 Å². The molecule has 0 atom stereocenters. The molecule has 1 N–H and O–H groups in total. The van der Waals surface area contributed by atoms with Crippen LogP contribution in [0.5, 0.6) is 0 Å². The van der Waals surface area contributed by atoms with Crippen molar-refractivity contribution in [2.45, 2.75) is 19.3 Å². The Labute approximate surface area is 127 Å². The molecule has 2 aromatic rings. The number of hydrogen-bond acceptors (Lipinski definition) is 6. The summed E-state index contributed by atoms with van der Waals surface area (Å²) in [4.78, 5) is 18.3. The van der Waals surface area contributed by atoms with Gasteiger partial charge in [-0.05, 0) is 25.3 Å². The molecule has 2 aromatic heterocycles. The maximum atomic E-state index is 12.3. The van der Waals surface area contributed by atoms with Crippen molar-refractivity contribution in [2.24, 2.45) is 0 Å². The van der Waals surface area contributed by atoms with Gasteiger partial charge in [-0.25, -0.2) is 9.55 Å². The normalized spacial score (nSPS) is 14.4. The number of piperidine rings is 1. The molecule has 0 radical (unpaired) electrons. The lowest BCUT2D eigenvalue weighted by atomic mass is 10.1. The van der Waals surface area contributed by atoms with Gasteiger partial charge in [0.2, 0.25) is 5.82 Å². The van der Waals surface area contributed by atoms with E-state index < -0.39 is 5.91 Å². The molecular weight excluding hydrogens is 282 g/mol. The van der Waals surface area contributed by atoms with Gasteiger partial charge in [0.15, 0.2) is 12.0 Å². The topological polar surface area (TPSA) is 99.7 Å². The fourth-order valence-electron chi connectivity index (χ4n) is 2.49. The number of nitrogens with one attached hydrogen (secondary N) is 1. The molecule has 3 rings (SSSR count). The fourth-order valence-corrected chi connectivity index (χ4v) is 2.49. The van der Waals surface area contributed by atoms with Crippen molar-refractivity contribution in [1.29, 1.82) is 5.26 Å². The first-order chi connectivity index (χ1) is 10.8. The molecule has 0 saturated carbocycles. The summed E-state index contributed by atoms with van der Waals surface area (Å²) in [6.07, 6.45) is 9.66. The third-order valence-electron chi connectivity index (χ3n) is 3.56. The van der Waals surface area contributed by atoms with E-state index in [4.69, 9.17) is 5.26 Å². The van der Waals surface area contributed by atoms with Gasteiger partial charge in [0.25, 0.3) is 5.91 Å². The number of rotatable bonds is 3. The van der Waals surface area contributed by atoms with Crippen LogP contribution in [-0.4, -0.2) is 38.7 Å². The number of hydrogen-bond donors (Lipinski definition) is 1. The van der Waals surface area contributed by atoms with Crippen LogP contribution in [0, 0.1) is 11.5 Å².